The van der Waals surface area contributed by atoms with Crippen molar-refractivity contribution in [2.75, 3.05) is 13.2 Å². The van der Waals surface area contributed by atoms with Crippen LogP contribution in [0.15, 0.2) is 122 Å². The minimum atomic E-state index is -0.796. The Balaban J connectivity index is 4.38. The van der Waals surface area contributed by atoms with Crippen LogP contribution in [0.3, 0.4) is 0 Å². The van der Waals surface area contributed by atoms with Crippen molar-refractivity contribution in [1.29, 1.82) is 0 Å². The molecule has 6 nitrogen and oxygen atoms in total. The van der Waals surface area contributed by atoms with Gasteiger partial charge in [-0.2, -0.15) is 0 Å². The molecule has 0 fully saturated rings. The summed E-state index contributed by atoms with van der Waals surface area (Å²) < 4.78 is 16.9. The fourth-order valence-electron chi connectivity index (χ4n) is 8.45. The van der Waals surface area contributed by atoms with Crippen LogP contribution in [0, 0.1) is 0 Å². The van der Waals surface area contributed by atoms with Crippen LogP contribution < -0.4 is 0 Å². The molecule has 0 aromatic carbocycles. The number of esters is 3. The van der Waals surface area contributed by atoms with Gasteiger partial charge in [-0.1, -0.05) is 251 Å². The molecule has 0 heterocycles. The van der Waals surface area contributed by atoms with Crippen molar-refractivity contribution < 1.29 is 28.6 Å². The number of hydrogen-bond donors (Lipinski definition) is 0. The van der Waals surface area contributed by atoms with Crippen molar-refractivity contribution in [2.45, 2.75) is 290 Å². The van der Waals surface area contributed by atoms with E-state index in [0.717, 1.165) is 135 Å². The minimum Gasteiger partial charge on any atom is -0.462 e. The lowest BCUT2D eigenvalue weighted by molar-refractivity contribution is -0.167. The highest BCUT2D eigenvalue weighted by Crippen LogP contribution is 2.15. The first-order valence-corrected chi connectivity index (χ1v) is 31.5. The molecule has 76 heavy (non-hydrogen) atoms. The summed E-state index contributed by atoms with van der Waals surface area (Å²) in [7, 11) is 0. The lowest BCUT2D eigenvalue weighted by atomic mass is 10.1. The van der Waals surface area contributed by atoms with Gasteiger partial charge in [0.05, 0.1) is 0 Å². The zero-order valence-corrected chi connectivity index (χ0v) is 49.5. The first-order valence-electron chi connectivity index (χ1n) is 31.5. The molecule has 0 aromatic heterocycles. The first kappa shape index (κ1) is 71.8. The third kappa shape index (κ3) is 60.7. The second-order valence-electron chi connectivity index (χ2n) is 20.6. The van der Waals surface area contributed by atoms with Gasteiger partial charge in [0.15, 0.2) is 6.10 Å². The Bertz CT molecular complexity index is 1590. The van der Waals surface area contributed by atoms with Crippen LogP contribution in [0.2, 0.25) is 0 Å². The molecule has 0 aliphatic rings. The molecule has 0 aliphatic heterocycles. The smallest absolute Gasteiger partial charge is 0.306 e. The predicted octanol–water partition coefficient (Wildman–Crippen LogP) is 21.6. The lowest BCUT2D eigenvalue weighted by Gasteiger charge is -2.18. The summed E-state index contributed by atoms with van der Waals surface area (Å²) in [5, 5.41) is 0. The van der Waals surface area contributed by atoms with Gasteiger partial charge >= 0.3 is 17.9 Å². The van der Waals surface area contributed by atoms with Crippen molar-refractivity contribution >= 4 is 17.9 Å². The Kier molecular flexibility index (Phi) is 59.9. The van der Waals surface area contributed by atoms with Gasteiger partial charge in [0.25, 0.3) is 0 Å². The van der Waals surface area contributed by atoms with E-state index in [1.54, 1.807) is 0 Å². The number of carbonyl (C=O) groups excluding carboxylic acids is 3. The van der Waals surface area contributed by atoms with Crippen molar-refractivity contribution in [3.8, 4) is 0 Å². The number of carbonyl (C=O) groups is 3. The lowest BCUT2D eigenvalue weighted by Crippen LogP contribution is -2.30. The summed E-state index contributed by atoms with van der Waals surface area (Å²) in [6, 6.07) is 0. The Labute approximate surface area is 469 Å². The van der Waals surface area contributed by atoms with Crippen LogP contribution in [-0.4, -0.2) is 37.2 Å². The summed E-state index contributed by atoms with van der Waals surface area (Å²) in [5.74, 6) is -0.922. The van der Waals surface area contributed by atoms with E-state index in [0.29, 0.717) is 19.3 Å². The van der Waals surface area contributed by atoms with Gasteiger partial charge in [-0.25, -0.2) is 0 Å². The number of ether oxygens (including phenoxy) is 3. The zero-order chi connectivity index (χ0) is 55.0. The second kappa shape index (κ2) is 63.3. The predicted molar refractivity (Wildman–Crippen MR) is 330 cm³/mol. The number of rotatable bonds is 56. The van der Waals surface area contributed by atoms with Gasteiger partial charge < -0.3 is 14.2 Å². The van der Waals surface area contributed by atoms with Crippen molar-refractivity contribution in [1.82, 2.24) is 0 Å². The maximum absolute atomic E-state index is 12.9. The molecular formula is C70H116O6. The average Bonchev–Trinajstić information content (AvgIpc) is 3.42. The Morgan fingerprint density at radius 2 is 0.513 bits per heavy atom. The van der Waals surface area contributed by atoms with E-state index < -0.39 is 6.10 Å². The molecule has 0 saturated heterocycles. The molecule has 1 unspecified atom stereocenters. The highest BCUT2D eigenvalue weighted by Gasteiger charge is 2.19. The van der Waals surface area contributed by atoms with Gasteiger partial charge in [0, 0.05) is 19.3 Å². The number of unbranched alkanes of at least 4 members (excludes halogenated alkanes) is 25. The molecule has 1 atom stereocenters. The van der Waals surface area contributed by atoms with Gasteiger partial charge in [-0.15, -0.1) is 0 Å². The molecule has 0 radical (unpaired) electrons. The number of allylic oxidation sites excluding steroid dienone is 20. The monoisotopic (exact) mass is 1050 g/mol. The van der Waals surface area contributed by atoms with Crippen LogP contribution in [0.25, 0.3) is 0 Å². The van der Waals surface area contributed by atoms with E-state index in [9.17, 15) is 14.4 Å². The van der Waals surface area contributed by atoms with Crippen LogP contribution in [0.5, 0.6) is 0 Å². The summed E-state index contributed by atoms with van der Waals surface area (Å²) in [5.41, 5.74) is 0. The second-order valence-corrected chi connectivity index (χ2v) is 20.6. The van der Waals surface area contributed by atoms with E-state index in [2.05, 4.69) is 142 Å². The summed E-state index contributed by atoms with van der Waals surface area (Å²) in [6.07, 6.45) is 87.7. The quantitative estimate of drug-likeness (QED) is 0.0261. The fraction of sp³-hybridized carbons (Fsp3) is 0.671. The Hall–Kier alpha value is -4.19. The summed E-state index contributed by atoms with van der Waals surface area (Å²) in [4.78, 5) is 38.3. The maximum Gasteiger partial charge on any atom is 0.306 e. The largest absolute Gasteiger partial charge is 0.462 e. The molecule has 0 bridgehead atoms. The third-order valence-corrected chi connectivity index (χ3v) is 13.2. The normalized spacial score (nSPS) is 12.9. The Morgan fingerprint density at radius 3 is 0.816 bits per heavy atom. The van der Waals surface area contributed by atoms with E-state index in [1.807, 2.05) is 0 Å². The molecule has 0 saturated carbocycles. The molecule has 0 N–H and O–H groups in total. The standard InChI is InChI=1S/C70H116O6/c1-4-7-10-13-16-19-22-25-27-29-31-32-33-34-35-36-37-38-40-41-43-45-48-51-54-57-60-63-69(72)75-66-67(65-74-68(71)62-59-56-53-50-47-24-21-18-15-12-9-6-3)76-70(73)64-61-58-55-52-49-46-44-42-39-30-28-26-23-20-17-14-11-8-5-2/h7,10,16-21,25-28,31-32,34-35,37-38,41,43,67H,4-6,8-9,11-15,22-24,29-30,33,36,39-40,42,44-66H2,1-3H3/b10-7-,19-16-,20-17-,21-18-,27-25-,28-26-,32-31-,35-34-,38-37-,43-41-. The van der Waals surface area contributed by atoms with Crippen LogP contribution >= 0.6 is 0 Å². The highest BCUT2D eigenvalue weighted by molar-refractivity contribution is 5.71. The van der Waals surface area contributed by atoms with E-state index in [4.69, 9.17) is 14.2 Å². The SMILES string of the molecule is CC/C=C\C/C=C\C/C=C\C/C=C\C/C=C\C/C=C\C/C=C\CCCCCCCC(=O)OCC(COC(=O)CCCCCCC/C=C\CCCCC)OC(=O)CCCCCCCCCCC/C=C\C/C=C\CCCCC. The van der Waals surface area contributed by atoms with Gasteiger partial charge in [0.1, 0.15) is 13.2 Å². The van der Waals surface area contributed by atoms with E-state index in [1.165, 1.54) is 109 Å². The molecule has 0 amide bonds. The minimum absolute atomic E-state index is 0.0922. The third-order valence-electron chi connectivity index (χ3n) is 13.2. The van der Waals surface area contributed by atoms with Gasteiger partial charge in [-0.3, -0.25) is 14.4 Å². The summed E-state index contributed by atoms with van der Waals surface area (Å²) >= 11 is 0. The molecule has 6 heteroatoms. The number of hydrogen-bond acceptors (Lipinski definition) is 6. The van der Waals surface area contributed by atoms with Crippen molar-refractivity contribution in [2.24, 2.45) is 0 Å². The molecule has 0 spiro atoms. The van der Waals surface area contributed by atoms with Crippen LogP contribution in [-0.2, 0) is 28.6 Å². The average molecular weight is 1050 g/mol. The van der Waals surface area contributed by atoms with Crippen molar-refractivity contribution in [3.05, 3.63) is 122 Å². The molecular weight excluding hydrogens is 937 g/mol. The molecule has 0 aromatic rings. The fourth-order valence-corrected chi connectivity index (χ4v) is 8.45. The molecule has 0 rings (SSSR count). The first-order chi connectivity index (χ1) is 37.5. The molecule has 0 aliphatic carbocycles. The zero-order valence-electron chi connectivity index (χ0n) is 49.5. The maximum atomic E-state index is 12.9. The van der Waals surface area contributed by atoms with E-state index in [-0.39, 0.29) is 31.1 Å². The highest BCUT2D eigenvalue weighted by atomic mass is 16.6. The summed E-state index contributed by atoms with van der Waals surface area (Å²) in [6.45, 7) is 6.46. The van der Waals surface area contributed by atoms with Crippen LogP contribution in [0.4, 0.5) is 0 Å². The molecule has 432 valence electrons. The van der Waals surface area contributed by atoms with E-state index >= 15 is 0 Å². The topological polar surface area (TPSA) is 78.9 Å². The van der Waals surface area contributed by atoms with Gasteiger partial charge in [-0.05, 0) is 135 Å². The Morgan fingerprint density at radius 1 is 0.276 bits per heavy atom. The van der Waals surface area contributed by atoms with Crippen LogP contribution in [0.1, 0.15) is 284 Å². The van der Waals surface area contributed by atoms with Gasteiger partial charge in [0.2, 0.25) is 0 Å². The van der Waals surface area contributed by atoms with Crippen molar-refractivity contribution in [3.63, 3.8) is 0 Å².